The Hall–Kier alpha value is -1.67. The van der Waals surface area contributed by atoms with E-state index in [2.05, 4.69) is 46.5 Å². The number of aromatic nitrogens is 4. The summed E-state index contributed by atoms with van der Waals surface area (Å²) in [5.74, 6) is -0.0646. The van der Waals surface area contributed by atoms with Crippen molar-refractivity contribution in [3.8, 4) is 0 Å². The predicted octanol–water partition coefficient (Wildman–Crippen LogP) is 2.71. The van der Waals surface area contributed by atoms with Gasteiger partial charge < -0.3 is 9.47 Å². The molecule has 0 saturated heterocycles. The van der Waals surface area contributed by atoms with Crippen LogP contribution in [-0.4, -0.2) is 36.5 Å². The molecule has 0 aliphatic carbocycles. The summed E-state index contributed by atoms with van der Waals surface area (Å²) in [6, 6.07) is 5.76. The van der Waals surface area contributed by atoms with Gasteiger partial charge in [-0.25, -0.2) is 9.50 Å². The Bertz CT molecular complexity index is 885. The standard InChI is InChI=1S/C14H11Br2N5O/c15-9-6-17-13-5-11(18-21(13)7-9)14(22)19-3-4-20-10(8-19)1-2-12(20)16/h1-2,5-7H,3-4,8H2. The molecule has 0 spiro atoms. The highest BCUT2D eigenvalue weighted by atomic mass is 79.9. The first kappa shape index (κ1) is 14.0. The minimum Gasteiger partial charge on any atom is -0.336 e. The van der Waals surface area contributed by atoms with Crippen LogP contribution in [-0.2, 0) is 13.1 Å². The fraction of sp³-hybridized carbons (Fsp3) is 0.214. The summed E-state index contributed by atoms with van der Waals surface area (Å²) in [6.45, 7) is 2.05. The first-order chi connectivity index (χ1) is 10.6. The molecule has 0 atom stereocenters. The average molecular weight is 425 g/mol. The van der Waals surface area contributed by atoms with Crippen molar-refractivity contribution >= 4 is 43.4 Å². The van der Waals surface area contributed by atoms with E-state index >= 15 is 0 Å². The van der Waals surface area contributed by atoms with Gasteiger partial charge in [0.1, 0.15) is 0 Å². The third-order valence-corrected chi connectivity index (χ3v) is 4.85. The zero-order valence-electron chi connectivity index (χ0n) is 11.4. The van der Waals surface area contributed by atoms with Crippen molar-refractivity contribution in [3.05, 3.63) is 51.1 Å². The summed E-state index contributed by atoms with van der Waals surface area (Å²) in [7, 11) is 0. The van der Waals surface area contributed by atoms with Crippen LogP contribution in [0, 0.1) is 0 Å². The second-order valence-electron chi connectivity index (χ2n) is 5.13. The van der Waals surface area contributed by atoms with E-state index in [-0.39, 0.29) is 5.91 Å². The normalized spacial score (nSPS) is 14.4. The van der Waals surface area contributed by atoms with Crippen LogP contribution in [0.15, 0.2) is 39.7 Å². The van der Waals surface area contributed by atoms with E-state index in [9.17, 15) is 4.79 Å². The number of amides is 1. The van der Waals surface area contributed by atoms with Crippen molar-refractivity contribution in [2.75, 3.05) is 6.54 Å². The van der Waals surface area contributed by atoms with Crippen LogP contribution in [0.3, 0.4) is 0 Å². The van der Waals surface area contributed by atoms with Gasteiger partial charge in [-0.05, 0) is 44.0 Å². The third-order valence-electron chi connectivity index (χ3n) is 3.75. The molecule has 3 aromatic heterocycles. The zero-order valence-corrected chi connectivity index (χ0v) is 14.6. The van der Waals surface area contributed by atoms with Crippen molar-refractivity contribution in [2.45, 2.75) is 13.1 Å². The van der Waals surface area contributed by atoms with E-state index in [1.807, 2.05) is 17.0 Å². The van der Waals surface area contributed by atoms with E-state index < -0.39 is 0 Å². The molecule has 22 heavy (non-hydrogen) atoms. The van der Waals surface area contributed by atoms with Crippen LogP contribution in [0.25, 0.3) is 5.65 Å². The monoisotopic (exact) mass is 423 g/mol. The molecule has 0 fully saturated rings. The highest BCUT2D eigenvalue weighted by molar-refractivity contribution is 9.10. The lowest BCUT2D eigenvalue weighted by atomic mass is 10.2. The molecular formula is C14H11Br2N5O. The molecule has 0 radical (unpaired) electrons. The molecule has 0 N–H and O–H groups in total. The number of nitrogens with zero attached hydrogens (tertiary/aromatic N) is 5. The maximum Gasteiger partial charge on any atom is 0.274 e. The summed E-state index contributed by atoms with van der Waals surface area (Å²) >= 11 is 6.86. The number of halogens is 2. The quantitative estimate of drug-likeness (QED) is 0.603. The molecule has 0 saturated carbocycles. The molecule has 0 unspecified atom stereocenters. The van der Waals surface area contributed by atoms with Gasteiger partial charge in [0.25, 0.3) is 5.91 Å². The molecule has 1 aliphatic heterocycles. The van der Waals surface area contributed by atoms with Crippen molar-refractivity contribution in [2.24, 2.45) is 0 Å². The van der Waals surface area contributed by atoms with Gasteiger partial charge in [0.2, 0.25) is 0 Å². The van der Waals surface area contributed by atoms with Crippen LogP contribution in [0.5, 0.6) is 0 Å². The first-order valence-electron chi connectivity index (χ1n) is 6.76. The second kappa shape index (κ2) is 5.20. The van der Waals surface area contributed by atoms with Gasteiger partial charge in [0.15, 0.2) is 11.3 Å². The number of carbonyl (C=O) groups excluding carboxylic acids is 1. The fourth-order valence-electron chi connectivity index (χ4n) is 2.66. The average Bonchev–Trinajstić information content (AvgIpc) is 3.09. The lowest BCUT2D eigenvalue weighted by Crippen LogP contribution is -2.38. The second-order valence-corrected chi connectivity index (χ2v) is 6.86. The van der Waals surface area contributed by atoms with Gasteiger partial charge in [0, 0.05) is 37.2 Å². The minimum atomic E-state index is -0.0646. The number of carbonyl (C=O) groups is 1. The fourth-order valence-corrected chi connectivity index (χ4v) is 3.49. The lowest BCUT2D eigenvalue weighted by Gasteiger charge is -2.28. The number of rotatable bonds is 1. The van der Waals surface area contributed by atoms with Gasteiger partial charge in [-0.3, -0.25) is 4.79 Å². The van der Waals surface area contributed by atoms with Crippen molar-refractivity contribution in [3.63, 3.8) is 0 Å². The van der Waals surface area contributed by atoms with Gasteiger partial charge in [-0.2, -0.15) is 5.10 Å². The topological polar surface area (TPSA) is 55.4 Å². The Kier molecular flexibility index (Phi) is 3.30. The van der Waals surface area contributed by atoms with E-state index in [0.29, 0.717) is 24.4 Å². The van der Waals surface area contributed by atoms with Gasteiger partial charge in [-0.15, -0.1) is 0 Å². The van der Waals surface area contributed by atoms with Crippen molar-refractivity contribution < 1.29 is 4.79 Å². The van der Waals surface area contributed by atoms with E-state index in [1.165, 1.54) is 0 Å². The Labute approximate surface area is 143 Å². The largest absolute Gasteiger partial charge is 0.336 e. The van der Waals surface area contributed by atoms with Crippen LogP contribution in [0.4, 0.5) is 0 Å². The molecule has 1 amide bonds. The molecule has 3 aromatic rings. The zero-order chi connectivity index (χ0) is 15.3. The van der Waals surface area contributed by atoms with Crippen molar-refractivity contribution in [1.82, 2.24) is 24.1 Å². The predicted molar refractivity (Wildman–Crippen MR) is 87.6 cm³/mol. The van der Waals surface area contributed by atoms with E-state index in [0.717, 1.165) is 21.3 Å². The summed E-state index contributed by atoms with van der Waals surface area (Å²) in [5, 5.41) is 4.33. The first-order valence-corrected chi connectivity index (χ1v) is 8.34. The van der Waals surface area contributed by atoms with Gasteiger partial charge >= 0.3 is 0 Å². The van der Waals surface area contributed by atoms with Crippen LogP contribution in [0.1, 0.15) is 16.2 Å². The Morgan fingerprint density at radius 1 is 1.23 bits per heavy atom. The molecule has 6 nitrogen and oxygen atoms in total. The van der Waals surface area contributed by atoms with E-state index in [1.54, 1.807) is 23.0 Å². The molecule has 0 aromatic carbocycles. The number of hydrogen-bond acceptors (Lipinski definition) is 3. The molecule has 8 heteroatoms. The molecule has 4 rings (SSSR count). The minimum absolute atomic E-state index is 0.0646. The van der Waals surface area contributed by atoms with Gasteiger partial charge in [-0.1, -0.05) is 0 Å². The molecular weight excluding hydrogens is 414 g/mol. The van der Waals surface area contributed by atoms with E-state index in [4.69, 9.17) is 0 Å². The molecule has 4 heterocycles. The third kappa shape index (κ3) is 2.26. The maximum atomic E-state index is 12.7. The highest BCUT2D eigenvalue weighted by Crippen LogP contribution is 2.22. The number of hydrogen-bond donors (Lipinski definition) is 0. The smallest absolute Gasteiger partial charge is 0.274 e. The lowest BCUT2D eigenvalue weighted by molar-refractivity contribution is 0.0704. The van der Waals surface area contributed by atoms with Gasteiger partial charge in [0.05, 0.1) is 15.6 Å². The Morgan fingerprint density at radius 3 is 2.95 bits per heavy atom. The molecule has 112 valence electrons. The van der Waals surface area contributed by atoms with Crippen LogP contribution < -0.4 is 0 Å². The van der Waals surface area contributed by atoms with Crippen molar-refractivity contribution in [1.29, 1.82) is 0 Å². The summed E-state index contributed by atoms with van der Waals surface area (Å²) in [5.41, 5.74) is 2.20. The summed E-state index contributed by atoms with van der Waals surface area (Å²) in [4.78, 5) is 18.7. The SMILES string of the molecule is O=C(c1cc2ncc(Br)cn2n1)N1CCn2c(Br)ccc2C1. The van der Waals surface area contributed by atoms with Crippen LogP contribution >= 0.6 is 31.9 Å². The molecule has 0 bridgehead atoms. The molecule has 1 aliphatic rings. The Morgan fingerprint density at radius 2 is 2.09 bits per heavy atom. The number of fused-ring (bicyclic) bond motifs is 2. The Balaban J connectivity index is 1.63. The summed E-state index contributed by atoms with van der Waals surface area (Å²) < 4.78 is 5.66. The highest BCUT2D eigenvalue weighted by Gasteiger charge is 2.24. The summed E-state index contributed by atoms with van der Waals surface area (Å²) in [6.07, 6.45) is 3.48. The maximum absolute atomic E-state index is 12.7. The van der Waals surface area contributed by atoms with Crippen LogP contribution in [0.2, 0.25) is 0 Å².